The smallest absolute Gasteiger partial charge is 0.317 e. The van der Waals surface area contributed by atoms with Crippen molar-refractivity contribution in [1.82, 2.24) is 5.32 Å². The van der Waals surface area contributed by atoms with Gasteiger partial charge in [-0.05, 0) is 47.2 Å². The molecule has 0 bridgehead atoms. The number of ether oxygens (including phenoxy) is 1. The second-order valence-corrected chi connectivity index (χ2v) is 8.43. The minimum absolute atomic E-state index is 0.0859. The number of carbonyl (C=O) groups excluding carboxylic acids is 3. The van der Waals surface area contributed by atoms with Crippen LogP contribution in [0.4, 0.5) is 0 Å². The van der Waals surface area contributed by atoms with Crippen LogP contribution in [0.15, 0.2) is 45.6 Å². The fraction of sp³-hybridized carbons (Fsp3) is 0.350. The Balaban J connectivity index is 1.80. The number of rotatable bonds is 4. The van der Waals surface area contributed by atoms with Crippen molar-refractivity contribution in [3.05, 3.63) is 56.1 Å². The van der Waals surface area contributed by atoms with Crippen LogP contribution in [0.25, 0.3) is 0 Å². The number of carbonyl (C=O) groups is 3. The van der Waals surface area contributed by atoms with E-state index in [-0.39, 0.29) is 36.6 Å². The summed E-state index contributed by atoms with van der Waals surface area (Å²) in [6.45, 7) is 1.97. The highest BCUT2D eigenvalue weighted by Crippen LogP contribution is 2.46. The summed E-state index contributed by atoms with van der Waals surface area (Å²) in [6, 6.07) is 5.78. The summed E-state index contributed by atoms with van der Waals surface area (Å²) < 4.78 is 5.24. The number of allylic oxidation sites excluding steroid dienone is 2. The average molecular weight is 402 g/mol. The summed E-state index contributed by atoms with van der Waals surface area (Å²) >= 11 is 3.05. The van der Waals surface area contributed by atoms with E-state index < -0.39 is 11.9 Å². The standard InChI is InChI=1S/C20H19NO4S2/c1-2-25-20(24)18-13(15-4-3-6-27-15)8-14-17(19(18)23)12(9-16(22)21-14)11-5-7-26-10-11/h3-7,10,12-13,18H,2,8-9H2,1H3,(H,21,22)/t12-,13-,18+/m1/s1. The predicted octanol–water partition coefficient (Wildman–Crippen LogP) is 3.60. The van der Waals surface area contributed by atoms with Gasteiger partial charge in [-0.25, -0.2) is 0 Å². The zero-order chi connectivity index (χ0) is 19.0. The lowest BCUT2D eigenvalue weighted by atomic mass is 9.70. The third kappa shape index (κ3) is 3.26. The largest absolute Gasteiger partial charge is 0.465 e. The molecule has 1 aliphatic heterocycles. The van der Waals surface area contributed by atoms with E-state index in [0.717, 1.165) is 10.4 Å². The first-order valence-electron chi connectivity index (χ1n) is 8.89. The molecule has 0 unspecified atom stereocenters. The Labute approximate surface area is 165 Å². The first kappa shape index (κ1) is 18.1. The van der Waals surface area contributed by atoms with Gasteiger partial charge in [-0.1, -0.05) is 6.07 Å². The summed E-state index contributed by atoms with van der Waals surface area (Å²) in [5.41, 5.74) is 2.18. The summed E-state index contributed by atoms with van der Waals surface area (Å²) in [7, 11) is 0. The molecular weight excluding hydrogens is 382 g/mol. The number of nitrogens with one attached hydrogen (secondary N) is 1. The fourth-order valence-corrected chi connectivity index (χ4v) is 5.56. The molecule has 0 aromatic carbocycles. The predicted molar refractivity (Wildman–Crippen MR) is 104 cm³/mol. The third-order valence-electron chi connectivity index (χ3n) is 5.12. The molecule has 0 saturated carbocycles. The lowest BCUT2D eigenvalue weighted by Gasteiger charge is -2.37. The average Bonchev–Trinajstić information content (AvgIpc) is 3.34. The number of hydrogen-bond acceptors (Lipinski definition) is 6. The van der Waals surface area contributed by atoms with Gasteiger partial charge in [0.15, 0.2) is 5.78 Å². The fourth-order valence-electron chi connectivity index (χ4n) is 3.98. The van der Waals surface area contributed by atoms with Crippen molar-refractivity contribution in [2.45, 2.75) is 31.6 Å². The van der Waals surface area contributed by atoms with E-state index in [4.69, 9.17) is 4.74 Å². The van der Waals surface area contributed by atoms with E-state index >= 15 is 0 Å². The molecule has 3 atom stereocenters. The lowest BCUT2D eigenvalue weighted by molar-refractivity contribution is -0.152. The SMILES string of the molecule is CCOC(=O)[C@@H]1C(=O)C2=C(C[C@@H]1c1cccs1)NC(=O)C[C@@H]2c1ccsc1. The number of amides is 1. The first-order valence-corrected chi connectivity index (χ1v) is 10.7. The topological polar surface area (TPSA) is 72.5 Å². The van der Waals surface area contributed by atoms with Crippen LogP contribution in [0.5, 0.6) is 0 Å². The van der Waals surface area contributed by atoms with Crippen molar-refractivity contribution in [3.8, 4) is 0 Å². The van der Waals surface area contributed by atoms with Gasteiger partial charge in [0.2, 0.25) is 5.91 Å². The normalized spacial score (nSPS) is 25.1. The highest BCUT2D eigenvalue weighted by molar-refractivity contribution is 7.10. The van der Waals surface area contributed by atoms with Crippen LogP contribution in [0.2, 0.25) is 0 Å². The zero-order valence-electron chi connectivity index (χ0n) is 14.8. The number of esters is 1. The van der Waals surface area contributed by atoms with Crippen LogP contribution in [0.1, 0.15) is 42.0 Å². The van der Waals surface area contributed by atoms with Crippen LogP contribution < -0.4 is 5.32 Å². The van der Waals surface area contributed by atoms with Crippen molar-refractivity contribution in [3.63, 3.8) is 0 Å². The van der Waals surface area contributed by atoms with E-state index in [0.29, 0.717) is 17.7 Å². The molecule has 1 N–H and O–H groups in total. The molecule has 27 heavy (non-hydrogen) atoms. The summed E-state index contributed by atoms with van der Waals surface area (Å²) in [4.78, 5) is 39.4. The Kier molecular flexibility index (Phi) is 4.97. The highest BCUT2D eigenvalue weighted by atomic mass is 32.1. The molecule has 2 aliphatic rings. The van der Waals surface area contributed by atoms with Gasteiger partial charge in [-0.3, -0.25) is 14.4 Å². The van der Waals surface area contributed by atoms with Gasteiger partial charge in [-0.2, -0.15) is 11.3 Å². The molecule has 4 rings (SSSR count). The van der Waals surface area contributed by atoms with E-state index in [9.17, 15) is 14.4 Å². The monoisotopic (exact) mass is 401 g/mol. The van der Waals surface area contributed by atoms with E-state index in [1.807, 2.05) is 34.3 Å². The van der Waals surface area contributed by atoms with Gasteiger partial charge in [0.25, 0.3) is 0 Å². The molecule has 2 aromatic heterocycles. The van der Waals surface area contributed by atoms with Crippen LogP contribution in [0.3, 0.4) is 0 Å². The Morgan fingerprint density at radius 3 is 2.78 bits per heavy atom. The van der Waals surface area contributed by atoms with Crippen molar-refractivity contribution >= 4 is 40.3 Å². The maximum atomic E-state index is 13.5. The molecule has 1 aliphatic carbocycles. The van der Waals surface area contributed by atoms with Crippen LogP contribution >= 0.6 is 22.7 Å². The minimum atomic E-state index is -0.863. The van der Waals surface area contributed by atoms with Crippen LogP contribution in [-0.2, 0) is 19.1 Å². The molecule has 0 saturated heterocycles. The molecule has 7 heteroatoms. The maximum absolute atomic E-state index is 13.5. The molecule has 0 radical (unpaired) electrons. The van der Waals surface area contributed by atoms with E-state index in [1.165, 1.54) is 22.7 Å². The number of Topliss-reactive ketones (excluding diaryl/α,β-unsaturated/α-hetero) is 1. The van der Waals surface area contributed by atoms with Gasteiger partial charge in [0.05, 0.1) is 6.61 Å². The molecule has 2 aromatic rings. The second kappa shape index (κ2) is 7.40. The Morgan fingerprint density at radius 1 is 1.26 bits per heavy atom. The minimum Gasteiger partial charge on any atom is -0.465 e. The second-order valence-electron chi connectivity index (χ2n) is 6.67. The molecule has 3 heterocycles. The molecule has 0 spiro atoms. The van der Waals surface area contributed by atoms with Crippen molar-refractivity contribution in [2.75, 3.05) is 6.61 Å². The quantitative estimate of drug-likeness (QED) is 0.628. The van der Waals surface area contributed by atoms with Gasteiger partial charge < -0.3 is 10.1 Å². The van der Waals surface area contributed by atoms with Crippen LogP contribution in [-0.4, -0.2) is 24.3 Å². The van der Waals surface area contributed by atoms with Gasteiger partial charge >= 0.3 is 5.97 Å². The van der Waals surface area contributed by atoms with Gasteiger partial charge in [0, 0.05) is 34.4 Å². The Morgan fingerprint density at radius 2 is 2.11 bits per heavy atom. The zero-order valence-corrected chi connectivity index (χ0v) is 16.4. The summed E-state index contributed by atoms with van der Waals surface area (Å²) in [5, 5.41) is 8.73. The Hall–Kier alpha value is -2.25. The summed E-state index contributed by atoms with van der Waals surface area (Å²) in [6.07, 6.45) is 0.679. The molecular formula is C20H19NO4S2. The van der Waals surface area contributed by atoms with Gasteiger partial charge in [-0.15, -0.1) is 11.3 Å². The van der Waals surface area contributed by atoms with Crippen molar-refractivity contribution in [1.29, 1.82) is 0 Å². The van der Waals surface area contributed by atoms with Gasteiger partial charge in [0.1, 0.15) is 5.92 Å². The number of hydrogen-bond donors (Lipinski definition) is 1. The van der Waals surface area contributed by atoms with Crippen LogP contribution in [0, 0.1) is 5.92 Å². The third-order valence-corrected chi connectivity index (χ3v) is 6.83. The number of ketones is 1. The molecule has 1 amide bonds. The highest BCUT2D eigenvalue weighted by Gasteiger charge is 2.48. The molecule has 140 valence electrons. The van der Waals surface area contributed by atoms with E-state index in [2.05, 4.69) is 5.32 Å². The van der Waals surface area contributed by atoms with E-state index in [1.54, 1.807) is 6.92 Å². The molecule has 5 nitrogen and oxygen atoms in total. The summed E-state index contributed by atoms with van der Waals surface area (Å²) in [5.74, 6) is -2.25. The Bertz CT molecular complexity index is 899. The van der Waals surface area contributed by atoms with Crippen molar-refractivity contribution < 1.29 is 19.1 Å². The van der Waals surface area contributed by atoms with Crippen molar-refractivity contribution in [2.24, 2.45) is 5.92 Å². The lowest BCUT2D eigenvalue weighted by Crippen LogP contribution is -2.44. The maximum Gasteiger partial charge on any atom is 0.317 e. The molecule has 0 fully saturated rings. The first-order chi connectivity index (χ1) is 13.1. The number of thiophene rings is 2.